The van der Waals surface area contributed by atoms with Crippen LogP contribution in [0.25, 0.3) is 0 Å². The Hall–Kier alpha value is -2.26. The van der Waals surface area contributed by atoms with Crippen LogP contribution >= 0.6 is 0 Å². The fourth-order valence-corrected chi connectivity index (χ4v) is 2.86. The minimum atomic E-state index is -3.77. The summed E-state index contributed by atoms with van der Waals surface area (Å²) in [6.45, 7) is 1.36. The van der Waals surface area contributed by atoms with E-state index in [4.69, 9.17) is 11.1 Å². The lowest BCUT2D eigenvalue weighted by Crippen LogP contribution is -2.24. The maximum Gasteiger partial charge on any atom is 0.244 e. The van der Waals surface area contributed by atoms with Crippen LogP contribution in [0.2, 0.25) is 0 Å². The highest BCUT2D eigenvalue weighted by Gasteiger charge is 2.18. The van der Waals surface area contributed by atoms with Crippen molar-refractivity contribution in [2.45, 2.75) is 18.4 Å². The highest BCUT2D eigenvalue weighted by Crippen LogP contribution is 2.14. The molecular weight excluding hydrogens is 297 g/mol. The fourth-order valence-electron chi connectivity index (χ4n) is 1.72. The van der Waals surface area contributed by atoms with Gasteiger partial charge in [0, 0.05) is 17.7 Å². The van der Waals surface area contributed by atoms with Crippen molar-refractivity contribution in [3.05, 3.63) is 47.0 Å². The van der Waals surface area contributed by atoms with Crippen molar-refractivity contribution in [1.29, 1.82) is 5.41 Å². The lowest BCUT2D eigenvalue weighted by Gasteiger charge is -2.08. The summed E-state index contributed by atoms with van der Waals surface area (Å²) >= 11 is 0. The predicted molar refractivity (Wildman–Crippen MR) is 74.8 cm³/mol. The first kappa shape index (κ1) is 15.1. The number of hydrogen-bond donors (Lipinski definition) is 4. The number of sulfonamides is 1. The van der Waals surface area contributed by atoms with Gasteiger partial charge in [-0.3, -0.25) is 10.5 Å². The summed E-state index contributed by atoms with van der Waals surface area (Å²) in [5, 5.41) is 13.4. The molecule has 0 unspecified atom stereocenters. The quantitative estimate of drug-likeness (QED) is 0.477. The van der Waals surface area contributed by atoms with Crippen LogP contribution < -0.4 is 10.5 Å². The number of aromatic amines is 1. The first-order valence-corrected chi connectivity index (χ1v) is 7.42. The van der Waals surface area contributed by atoms with Crippen molar-refractivity contribution >= 4 is 15.9 Å². The fraction of sp³-hybridized carbons (Fsp3) is 0.167. The molecular formula is C12H14FN5O2S. The number of hydrogen-bond acceptors (Lipinski definition) is 4. The standard InChI is InChI=1S/C12H14FN5O2S/c1-7-11(6-16-18-7)21(19,20)17-5-9-3-2-8(12(14)15)4-10(9)13/h2-4,6,17H,5H2,1H3,(H3,14,15)(H,16,18). The summed E-state index contributed by atoms with van der Waals surface area (Å²) in [6.07, 6.45) is 1.19. The molecule has 0 bridgehead atoms. The van der Waals surface area contributed by atoms with E-state index in [1.54, 1.807) is 6.92 Å². The minimum absolute atomic E-state index is 0.0169. The SMILES string of the molecule is Cc1[nH]ncc1S(=O)(=O)NCc1ccc(C(=N)N)cc1F. The van der Waals surface area contributed by atoms with Gasteiger partial charge in [0.2, 0.25) is 10.0 Å². The topological polar surface area (TPSA) is 125 Å². The maximum atomic E-state index is 13.8. The van der Waals surface area contributed by atoms with Gasteiger partial charge in [-0.1, -0.05) is 12.1 Å². The van der Waals surface area contributed by atoms with Gasteiger partial charge < -0.3 is 5.73 Å². The molecule has 0 fully saturated rings. The molecule has 0 saturated carbocycles. The van der Waals surface area contributed by atoms with Gasteiger partial charge in [-0.05, 0) is 13.0 Å². The predicted octanol–water partition coefficient (Wildman–Crippen LogP) is 0.620. The molecule has 0 saturated heterocycles. The third-order valence-electron chi connectivity index (χ3n) is 2.89. The van der Waals surface area contributed by atoms with Crippen LogP contribution in [-0.4, -0.2) is 24.5 Å². The van der Waals surface area contributed by atoms with Crippen LogP contribution in [0, 0.1) is 18.2 Å². The summed E-state index contributed by atoms with van der Waals surface area (Å²) in [4.78, 5) is 0.0169. The maximum absolute atomic E-state index is 13.8. The van der Waals surface area contributed by atoms with E-state index in [9.17, 15) is 12.8 Å². The van der Waals surface area contributed by atoms with E-state index in [1.807, 2.05) is 0 Å². The molecule has 1 heterocycles. The Balaban J connectivity index is 2.17. The summed E-state index contributed by atoms with van der Waals surface area (Å²) in [5.41, 5.74) is 6.05. The zero-order valence-corrected chi connectivity index (χ0v) is 12.0. The van der Waals surface area contributed by atoms with Gasteiger partial charge in [-0.25, -0.2) is 17.5 Å². The molecule has 21 heavy (non-hydrogen) atoms. The van der Waals surface area contributed by atoms with Crippen LogP contribution in [-0.2, 0) is 16.6 Å². The average Bonchev–Trinajstić information content (AvgIpc) is 2.84. The van der Waals surface area contributed by atoms with Crippen molar-refractivity contribution < 1.29 is 12.8 Å². The summed E-state index contributed by atoms with van der Waals surface area (Å²) in [5.74, 6) is -0.885. The summed E-state index contributed by atoms with van der Waals surface area (Å²) in [7, 11) is -3.77. The smallest absolute Gasteiger partial charge is 0.244 e. The third kappa shape index (κ3) is 3.26. The zero-order chi connectivity index (χ0) is 15.6. The van der Waals surface area contributed by atoms with E-state index in [1.165, 1.54) is 18.3 Å². The van der Waals surface area contributed by atoms with Gasteiger partial charge in [0.1, 0.15) is 16.5 Å². The average molecular weight is 311 g/mol. The van der Waals surface area contributed by atoms with Crippen molar-refractivity contribution in [3.63, 3.8) is 0 Å². The van der Waals surface area contributed by atoms with Gasteiger partial charge in [0.25, 0.3) is 0 Å². The normalized spacial score (nSPS) is 11.5. The molecule has 7 nitrogen and oxygen atoms in total. The molecule has 112 valence electrons. The highest BCUT2D eigenvalue weighted by atomic mass is 32.2. The van der Waals surface area contributed by atoms with Crippen molar-refractivity contribution in [2.24, 2.45) is 5.73 Å². The first-order valence-electron chi connectivity index (χ1n) is 5.93. The number of benzene rings is 1. The lowest BCUT2D eigenvalue weighted by molar-refractivity contribution is 0.574. The molecule has 0 aliphatic carbocycles. The molecule has 0 spiro atoms. The molecule has 0 radical (unpaired) electrons. The lowest BCUT2D eigenvalue weighted by atomic mass is 10.1. The number of aryl methyl sites for hydroxylation is 1. The third-order valence-corrected chi connectivity index (χ3v) is 4.40. The molecule has 0 aliphatic heterocycles. The van der Waals surface area contributed by atoms with Crippen LogP contribution in [0.3, 0.4) is 0 Å². The molecule has 5 N–H and O–H groups in total. The summed E-state index contributed by atoms with van der Waals surface area (Å²) in [6, 6.07) is 3.93. The number of nitrogens with one attached hydrogen (secondary N) is 3. The molecule has 1 aromatic carbocycles. The molecule has 0 amide bonds. The van der Waals surface area contributed by atoms with Crippen molar-refractivity contribution in [1.82, 2.24) is 14.9 Å². The van der Waals surface area contributed by atoms with Gasteiger partial charge in [0.15, 0.2) is 0 Å². The molecule has 2 rings (SSSR count). The monoisotopic (exact) mass is 311 g/mol. The number of H-pyrrole nitrogens is 1. The number of nitrogen functional groups attached to an aromatic ring is 1. The van der Waals surface area contributed by atoms with Crippen LogP contribution in [0.1, 0.15) is 16.8 Å². The van der Waals surface area contributed by atoms with Gasteiger partial charge >= 0.3 is 0 Å². The number of aromatic nitrogens is 2. The second-order valence-corrected chi connectivity index (χ2v) is 6.14. The highest BCUT2D eigenvalue weighted by molar-refractivity contribution is 7.89. The number of halogens is 1. The Labute approximate surface area is 120 Å². The molecule has 1 aromatic heterocycles. The zero-order valence-electron chi connectivity index (χ0n) is 11.1. The Bertz CT molecular complexity index is 785. The second kappa shape index (κ2) is 5.62. The van der Waals surface area contributed by atoms with Gasteiger partial charge in [-0.15, -0.1) is 0 Å². The van der Waals surface area contributed by atoms with Crippen LogP contribution in [0.4, 0.5) is 4.39 Å². The largest absolute Gasteiger partial charge is 0.384 e. The number of nitrogens with two attached hydrogens (primary N) is 1. The molecule has 0 atom stereocenters. The van der Waals surface area contributed by atoms with E-state index in [-0.39, 0.29) is 28.4 Å². The molecule has 2 aromatic rings. The molecule has 0 aliphatic rings. The van der Waals surface area contributed by atoms with Gasteiger partial charge in [-0.2, -0.15) is 5.10 Å². The van der Waals surface area contributed by atoms with E-state index < -0.39 is 15.8 Å². The van der Waals surface area contributed by atoms with Crippen molar-refractivity contribution in [3.8, 4) is 0 Å². The van der Waals surface area contributed by atoms with Crippen LogP contribution in [0.5, 0.6) is 0 Å². The minimum Gasteiger partial charge on any atom is -0.384 e. The second-order valence-electron chi connectivity index (χ2n) is 4.40. The van der Waals surface area contributed by atoms with E-state index in [0.717, 1.165) is 6.07 Å². The van der Waals surface area contributed by atoms with E-state index in [2.05, 4.69) is 14.9 Å². The Morgan fingerprint density at radius 2 is 2.24 bits per heavy atom. The van der Waals surface area contributed by atoms with E-state index in [0.29, 0.717) is 5.69 Å². The van der Waals surface area contributed by atoms with Crippen molar-refractivity contribution in [2.75, 3.05) is 0 Å². The van der Waals surface area contributed by atoms with Crippen LogP contribution in [0.15, 0.2) is 29.3 Å². The molecule has 9 heteroatoms. The summed E-state index contributed by atoms with van der Waals surface area (Å²) < 4.78 is 40.1. The van der Waals surface area contributed by atoms with Gasteiger partial charge in [0.05, 0.1) is 11.9 Å². The number of rotatable bonds is 5. The Morgan fingerprint density at radius 3 is 2.76 bits per heavy atom. The first-order chi connectivity index (χ1) is 9.81. The number of amidine groups is 1. The number of nitrogens with zero attached hydrogens (tertiary/aromatic N) is 1. The Kier molecular flexibility index (Phi) is 4.05. The van der Waals surface area contributed by atoms with E-state index >= 15 is 0 Å². The Morgan fingerprint density at radius 1 is 1.52 bits per heavy atom.